The summed E-state index contributed by atoms with van der Waals surface area (Å²) in [7, 11) is 3.54. The van der Waals surface area contributed by atoms with E-state index in [1.54, 1.807) is 12.0 Å². The molecule has 0 radical (unpaired) electrons. The average molecular weight is 414 g/mol. The minimum Gasteiger partial charge on any atom is -0.497 e. The molecule has 0 bridgehead atoms. The number of quaternary nitrogens is 2. The lowest BCUT2D eigenvalue weighted by molar-refractivity contribution is -1.02. The average Bonchev–Trinajstić information content (AvgIpc) is 3.23. The van der Waals surface area contributed by atoms with Gasteiger partial charge in [0.15, 0.2) is 18.0 Å². The molecular formula is C23H31N3O4+2. The van der Waals surface area contributed by atoms with Gasteiger partial charge in [0.2, 0.25) is 6.79 Å². The van der Waals surface area contributed by atoms with E-state index in [1.807, 2.05) is 42.3 Å². The number of rotatable bonds is 7. The first-order valence-electron chi connectivity index (χ1n) is 10.5. The highest BCUT2D eigenvalue weighted by molar-refractivity contribution is 5.76. The van der Waals surface area contributed by atoms with Crippen molar-refractivity contribution < 1.29 is 28.8 Å². The van der Waals surface area contributed by atoms with Crippen molar-refractivity contribution >= 4 is 5.91 Å². The van der Waals surface area contributed by atoms with Gasteiger partial charge in [-0.2, -0.15) is 0 Å². The molecule has 1 saturated heterocycles. The van der Waals surface area contributed by atoms with Crippen LogP contribution in [0.25, 0.3) is 0 Å². The van der Waals surface area contributed by atoms with Crippen LogP contribution in [-0.2, 0) is 17.9 Å². The van der Waals surface area contributed by atoms with Gasteiger partial charge in [0.1, 0.15) is 38.5 Å². The quantitative estimate of drug-likeness (QED) is 0.635. The summed E-state index contributed by atoms with van der Waals surface area (Å²) in [5, 5.41) is 0. The Morgan fingerprint density at radius 2 is 1.63 bits per heavy atom. The number of nitrogens with one attached hydrogen (secondary N) is 2. The monoisotopic (exact) mass is 413 g/mol. The van der Waals surface area contributed by atoms with E-state index in [0.717, 1.165) is 55.5 Å². The Kier molecular flexibility index (Phi) is 6.40. The molecule has 0 aliphatic carbocycles. The van der Waals surface area contributed by atoms with Gasteiger partial charge in [-0.25, -0.2) is 0 Å². The van der Waals surface area contributed by atoms with Crippen LogP contribution in [0.3, 0.4) is 0 Å². The molecule has 2 heterocycles. The van der Waals surface area contributed by atoms with Crippen LogP contribution in [0, 0.1) is 0 Å². The van der Waals surface area contributed by atoms with E-state index in [1.165, 1.54) is 10.5 Å². The zero-order valence-electron chi connectivity index (χ0n) is 17.8. The molecule has 7 heteroatoms. The summed E-state index contributed by atoms with van der Waals surface area (Å²) in [6.45, 7) is 6.65. The van der Waals surface area contributed by atoms with Gasteiger partial charge >= 0.3 is 0 Å². The number of fused-ring (bicyclic) bond motifs is 1. The first-order valence-corrected chi connectivity index (χ1v) is 10.5. The third kappa shape index (κ3) is 5.04. The maximum absolute atomic E-state index is 12.7. The van der Waals surface area contributed by atoms with Crippen molar-refractivity contribution in [3.63, 3.8) is 0 Å². The fraction of sp³-hybridized carbons (Fsp3) is 0.435. The van der Waals surface area contributed by atoms with Gasteiger partial charge in [0.25, 0.3) is 5.91 Å². The Hall–Kier alpha value is -2.77. The summed E-state index contributed by atoms with van der Waals surface area (Å²) in [4.78, 5) is 17.4. The molecule has 0 saturated carbocycles. The van der Waals surface area contributed by atoms with Crippen molar-refractivity contribution in [1.29, 1.82) is 0 Å². The van der Waals surface area contributed by atoms with Crippen LogP contribution in [0.2, 0.25) is 0 Å². The van der Waals surface area contributed by atoms with Crippen molar-refractivity contribution in [2.45, 2.75) is 13.1 Å². The number of hydrogen-bond donors (Lipinski definition) is 2. The van der Waals surface area contributed by atoms with Crippen molar-refractivity contribution in [2.75, 3.05) is 53.7 Å². The number of methoxy groups -OCH3 is 1. The van der Waals surface area contributed by atoms with Crippen LogP contribution in [0.5, 0.6) is 17.2 Å². The lowest BCUT2D eigenvalue weighted by Crippen LogP contribution is -3.28. The second-order valence-corrected chi connectivity index (χ2v) is 8.14. The molecule has 1 amide bonds. The molecule has 0 spiro atoms. The van der Waals surface area contributed by atoms with Crippen LogP contribution in [0.1, 0.15) is 11.1 Å². The third-order valence-corrected chi connectivity index (χ3v) is 5.96. The number of carbonyl (C=O) groups excluding carboxylic acids is 1. The summed E-state index contributed by atoms with van der Waals surface area (Å²) >= 11 is 0. The van der Waals surface area contributed by atoms with E-state index in [-0.39, 0.29) is 5.91 Å². The summed E-state index contributed by atoms with van der Waals surface area (Å²) in [6.07, 6.45) is 0. The van der Waals surface area contributed by atoms with E-state index in [9.17, 15) is 4.79 Å². The van der Waals surface area contributed by atoms with E-state index in [2.05, 4.69) is 12.1 Å². The van der Waals surface area contributed by atoms with Crippen LogP contribution < -0.4 is 24.0 Å². The fourth-order valence-electron chi connectivity index (χ4n) is 4.09. The SMILES string of the molecule is COc1ccc(CN(C)C(=O)C[NH+]2CC[NH+](Cc3ccc4c(c3)OCO4)CC2)cc1. The molecule has 30 heavy (non-hydrogen) atoms. The van der Waals surface area contributed by atoms with Crippen LogP contribution in [-0.4, -0.2) is 64.5 Å². The first kappa shape index (κ1) is 20.5. The van der Waals surface area contributed by atoms with Crippen molar-refractivity contribution in [3.05, 3.63) is 53.6 Å². The molecule has 160 valence electrons. The molecule has 1 fully saturated rings. The number of nitrogens with zero attached hydrogens (tertiary/aromatic N) is 1. The van der Waals surface area contributed by atoms with E-state index in [4.69, 9.17) is 14.2 Å². The van der Waals surface area contributed by atoms with Crippen molar-refractivity contribution in [3.8, 4) is 17.2 Å². The summed E-state index contributed by atoms with van der Waals surface area (Å²) in [5.41, 5.74) is 2.38. The Morgan fingerprint density at radius 1 is 0.967 bits per heavy atom. The number of ether oxygens (including phenoxy) is 3. The largest absolute Gasteiger partial charge is 0.497 e. The van der Waals surface area contributed by atoms with E-state index >= 15 is 0 Å². The highest BCUT2D eigenvalue weighted by Gasteiger charge is 2.26. The zero-order valence-corrected chi connectivity index (χ0v) is 17.8. The summed E-state index contributed by atoms with van der Waals surface area (Å²) < 4.78 is 16.1. The normalized spacial score (nSPS) is 20.1. The van der Waals surface area contributed by atoms with Crippen LogP contribution in [0.15, 0.2) is 42.5 Å². The van der Waals surface area contributed by atoms with Crippen molar-refractivity contribution in [2.24, 2.45) is 0 Å². The topological polar surface area (TPSA) is 56.9 Å². The maximum Gasteiger partial charge on any atom is 0.277 e. The van der Waals surface area contributed by atoms with E-state index in [0.29, 0.717) is 19.9 Å². The minimum atomic E-state index is 0.194. The molecule has 2 N–H and O–H groups in total. The van der Waals surface area contributed by atoms with Crippen molar-refractivity contribution in [1.82, 2.24) is 4.90 Å². The number of carbonyl (C=O) groups is 1. The van der Waals surface area contributed by atoms with Gasteiger partial charge in [0.05, 0.1) is 7.11 Å². The molecule has 0 atom stereocenters. The smallest absolute Gasteiger partial charge is 0.277 e. The summed E-state index contributed by atoms with van der Waals surface area (Å²) in [6, 6.07) is 14.1. The number of amides is 1. The van der Waals surface area contributed by atoms with Gasteiger partial charge in [-0.15, -0.1) is 0 Å². The molecule has 4 rings (SSSR count). The number of piperazine rings is 1. The highest BCUT2D eigenvalue weighted by Crippen LogP contribution is 2.32. The number of hydrogen-bond acceptors (Lipinski definition) is 4. The molecule has 0 unspecified atom stereocenters. The summed E-state index contributed by atoms with van der Waals surface area (Å²) in [5.74, 6) is 2.71. The third-order valence-electron chi connectivity index (χ3n) is 5.96. The predicted octanol–water partition coefficient (Wildman–Crippen LogP) is -0.634. The van der Waals surface area contributed by atoms with Gasteiger partial charge < -0.3 is 28.9 Å². The van der Waals surface area contributed by atoms with Gasteiger partial charge in [-0.3, -0.25) is 4.79 Å². The Balaban J connectivity index is 1.21. The lowest BCUT2D eigenvalue weighted by Gasteiger charge is -2.30. The van der Waals surface area contributed by atoms with Gasteiger partial charge in [-0.05, 0) is 35.9 Å². The van der Waals surface area contributed by atoms with Gasteiger partial charge in [0, 0.05) is 19.2 Å². The second-order valence-electron chi connectivity index (χ2n) is 8.14. The molecule has 0 aromatic heterocycles. The Labute approximate surface area is 177 Å². The predicted molar refractivity (Wildman–Crippen MR) is 112 cm³/mol. The second kappa shape index (κ2) is 9.36. The molecule has 2 aliphatic heterocycles. The standard InChI is InChI=1S/C23H29N3O4/c1-24(14-18-3-6-20(28-2)7-4-18)23(27)16-26-11-9-25(10-12-26)15-19-5-8-21-22(13-19)30-17-29-21/h3-8,13H,9-12,14-17H2,1-2H3/p+2. The lowest BCUT2D eigenvalue weighted by atomic mass is 10.1. The number of benzene rings is 2. The van der Waals surface area contributed by atoms with Gasteiger partial charge in [-0.1, -0.05) is 12.1 Å². The maximum atomic E-state index is 12.7. The molecule has 2 aromatic carbocycles. The fourth-order valence-corrected chi connectivity index (χ4v) is 4.09. The number of likely N-dealkylation sites (N-methyl/N-ethyl adjacent to an activating group) is 1. The highest BCUT2D eigenvalue weighted by atomic mass is 16.7. The Bertz CT molecular complexity index is 863. The molecule has 2 aliphatic rings. The van der Waals surface area contributed by atoms with Crippen LogP contribution >= 0.6 is 0 Å². The van der Waals surface area contributed by atoms with E-state index < -0.39 is 0 Å². The zero-order chi connectivity index (χ0) is 20.9. The minimum absolute atomic E-state index is 0.194. The molecule has 2 aromatic rings. The van der Waals surface area contributed by atoms with Crippen LogP contribution in [0.4, 0.5) is 0 Å². The Morgan fingerprint density at radius 3 is 2.37 bits per heavy atom. The molecule has 7 nitrogen and oxygen atoms in total. The first-order chi connectivity index (χ1) is 14.6. The molecular weight excluding hydrogens is 382 g/mol.